The zero-order valence-electron chi connectivity index (χ0n) is 12.4. The Morgan fingerprint density at radius 1 is 1.11 bits per heavy atom. The van der Waals surface area contributed by atoms with Gasteiger partial charge in [0.2, 0.25) is 0 Å². The molecule has 0 fully saturated rings. The van der Waals surface area contributed by atoms with Gasteiger partial charge in [0.05, 0.1) is 6.61 Å². The predicted molar refractivity (Wildman–Crippen MR) is 75.0 cm³/mol. The van der Waals surface area contributed by atoms with Crippen molar-refractivity contribution in [1.29, 1.82) is 0 Å². The minimum absolute atomic E-state index is 0.115. The average molecular weight is 262 g/mol. The molecular formula is C16H22O3. The minimum atomic E-state index is -1.09. The fourth-order valence-corrected chi connectivity index (χ4v) is 2.00. The number of hydrogen-bond donors (Lipinski definition) is 0. The van der Waals surface area contributed by atoms with Crippen molar-refractivity contribution in [1.82, 2.24) is 0 Å². The third-order valence-corrected chi connectivity index (χ3v) is 3.13. The van der Waals surface area contributed by atoms with Crippen molar-refractivity contribution in [2.75, 3.05) is 6.61 Å². The second-order valence-electron chi connectivity index (χ2n) is 5.44. The van der Waals surface area contributed by atoms with E-state index in [2.05, 4.69) is 6.07 Å². The highest BCUT2D eigenvalue weighted by atomic mass is 16.5. The topological polar surface area (TPSA) is 43.4 Å². The Balaban J connectivity index is 2.86. The maximum absolute atomic E-state index is 12.3. The minimum Gasteiger partial charge on any atom is -0.465 e. The standard InChI is InChI=1S/C16H22O3/c1-6-19-15(18)16(4,5)14(17)10-13-8-11(2)7-12(3)9-13/h7-9H,6,10H2,1-5H3. The molecule has 1 aromatic carbocycles. The molecule has 0 aromatic heterocycles. The van der Waals surface area contributed by atoms with Crippen LogP contribution in [0.4, 0.5) is 0 Å². The number of benzene rings is 1. The number of carbonyl (C=O) groups is 2. The number of ether oxygens (including phenoxy) is 1. The maximum atomic E-state index is 12.3. The highest BCUT2D eigenvalue weighted by molar-refractivity contribution is 6.03. The lowest BCUT2D eigenvalue weighted by Gasteiger charge is -2.21. The van der Waals surface area contributed by atoms with E-state index in [9.17, 15) is 9.59 Å². The molecule has 3 nitrogen and oxygen atoms in total. The molecule has 0 saturated carbocycles. The summed E-state index contributed by atoms with van der Waals surface area (Å²) < 4.78 is 4.95. The van der Waals surface area contributed by atoms with Gasteiger partial charge >= 0.3 is 5.97 Å². The summed E-state index contributed by atoms with van der Waals surface area (Å²) in [6, 6.07) is 6.02. The molecule has 19 heavy (non-hydrogen) atoms. The lowest BCUT2D eigenvalue weighted by Crippen LogP contribution is -2.36. The highest BCUT2D eigenvalue weighted by Crippen LogP contribution is 2.22. The lowest BCUT2D eigenvalue weighted by molar-refractivity contribution is -0.157. The fraction of sp³-hybridized carbons (Fsp3) is 0.500. The van der Waals surface area contributed by atoms with Crippen molar-refractivity contribution in [2.45, 2.75) is 41.0 Å². The van der Waals surface area contributed by atoms with Crippen molar-refractivity contribution < 1.29 is 14.3 Å². The van der Waals surface area contributed by atoms with E-state index in [0.717, 1.165) is 16.7 Å². The number of aryl methyl sites for hydroxylation is 2. The number of ketones is 1. The predicted octanol–water partition coefficient (Wildman–Crippen LogP) is 3.00. The summed E-state index contributed by atoms with van der Waals surface area (Å²) in [5, 5.41) is 0. The molecule has 0 atom stereocenters. The van der Waals surface area contributed by atoms with Crippen molar-refractivity contribution >= 4 is 11.8 Å². The Hall–Kier alpha value is -1.64. The molecule has 0 unspecified atom stereocenters. The Bertz CT molecular complexity index is 467. The number of hydrogen-bond acceptors (Lipinski definition) is 3. The zero-order valence-corrected chi connectivity index (χ0v) is 12.4. The normalized spacial score (nSPS) is 11.2. The van der Waals surface area contributed by atoms with E-state index in [1.807, 2.05) is 26.0 Å². The second kappa shape index (κ2) is 6.00. The molecule has 0 N–H and O–H groups in total. The van der Waals surface area contributed by atoms with E-state index in [1.54, 1.807) is 20.8 Å². The number of carbonyl (C=O) groups excluding carboxylic acids is 2. The summed E-state index contributed by atoms with van der Waals surface area (Å²) in [5.41, 5.74) is 2.10. The van der Waals surface area contributed by atoms with Crippen LogP contribution in [-0.2, 0) is 20.7 Å². The van der Waals surface area contributed by atoms with E-state index >= 15 is 0 Å². The van der Waals surface area contributed by atoms with Gasteiger partial charge in [-0.25, -0.2) is 0 Å². The van der Waals surface area contributed by atoms with Gasteiger partial charge in [0.15, 0.2) is 5.78 Å². The van der Waals surface area contributed by atoms with Gasteiger partial charge in [-0.15, -0.1) is 0 Å². The summed E-state index contributed by atoms with van der Waals surface area (Å²) in [7, 11) is 0. The smallest absolute Gasteiger partial charge is 0.319 e. The van der Waals surface area contributed by atoms with Gasteiger partial charge in [0, 0.05) is 6.42 Å². The summed E-state index contributed by atoms with van der Waals surface area (Å²) in [6.45, 7) is 9.27. The van der Waals surface area contributed by atoms with Crippen LogP contribution in [-0.4, -0.2) is 18.4 Å². The molecule has 0 aliphatic rings. The van der Waals surface area contributed by atoms with Crippen molar-refractivity contribution in [3.8, 4) is 0 Å². The molecule has 1 rings (SSSR count). The summed E-state index contributed by atoms with van der Waals surface area (Å²) in [4.78, 5) is 24.1. The number of rotatable bonds is 5. The molecule has 0 aliphatic heterocycles. The first-order valence-corrected chi connectivity index (χ1v) is 6.55. The van der Waals surface area contributed by atoms with Crippen LogP contribution < -0.4 is 0 Å². The fourth-order valence-electron chi connectivity index (χ4n) is 2.00. The van der Waals surface area contributed by atoms with Gasteiger partial charge in [-0.2, -0.15) is 0 Å². The summed E-state index contributed by atoms with van der Waals surface area (Å²) in [6.07, 6.45) is 0.258. The molecule has 0 aliphatic carbocycles. The molecule has 0 spiro atoms. The first kappa shape index (κ1) is 15.4. The van der Waals surface area contributed by atoms with Crippen LogP contribution in [0.25, 0.3) is 0 Å². The van der Waals surface area contributed by atoms with E-state index in [4.69, 9.17) is 4.74 Å². The van der Waals surface area contributed by atoms with Gasteiger partial charge in [0.1, 0.15) is 5.41 Å². The van der Waals surface area contributed by atoms with Gasteiger partial charge in [-0.3, -0.25) is 9.59 Å². The van der Waals surface area contributed by atoms with Crippen LogP contribution in [0.3, 0.4) is 0 Å². The van der Waals surface area contributed by atoms with Crippen molar-refractivity contribution in [3.05, 3.63) is 34.9 Å². The van der Waals surface area contributed by atoms with E-state index in [0.29, 0.717) is 6.61 Å². The quantitative estimate of drug-likeness (QED) is 0.605. The van der Waals surface area contributed by atoms with Crippen molar-refractivity contribution in [3.63, 3.8) is 0 Å². The average Bonchev–Trinajstić information content (AvgIpc) is 2.27. The highest BCUT2D eigenvalue weighted by Gasteiger charge is 2.36. The molecule has 0 bridgehead atoms. The number of Topliss-reactive ketones (excluding diaryl/α,β-unsaturated/α-hetero) is 1. The summed E-state index contributed by atoms with van der Waals surface area (Å²) >= 11 is 0. The van der Waals surface area contributed by atoms with Crippen LogP contribution in [0.1, 0.15) is 37.5 Å². The zero-order chi connectivity index (χ0) is 14.6. The van der Waals surface area contributed by atoms with Crippen LogP contribution in [0.15, 0.2) is 18.2 Å². The number of esters is 1. The third-order valence-electron chi connectivity index (χ3n) is 3.13. The monoisotopic (exact) mass is 262 g/mol. The molecule has 0 radical (unpaired) electrons. The maximum Gasteiger partial charge on any atom is 0.319 e. The van der Waals surface area contributed by atoms with Gasteiger partial charge in [-0.05, 0) is 40.2 Å². The van der Waals surface area contributed by atoms with E-state index in [-0.39, 0.29) is 12.2 Å². The van der Waals surface area contributed by atoms with E-state index in [1.165, 1.54) is 0 Å². The van der Waals surface area contributed by atoms with Crippen LogP contribution >= 0.6 is 0 Å². The lowest BCUT2D eigenvalue weighted by atomic mass is 9.84. The van der Waals surface area contributed by atoms with Gasteiger partial charge in [0.25, 0.3) is 0 Å². The molecule has 0 saturated heterocycles. The first-order chi connectivity index (χ1) is 8.77. The summed E-state index contributed by atoms with van der Waals surface area (Å²) in [5.74, 6) is -0.569. The van der Waals surface area contributed by atoms with Crippen LogP contribution in [0.2, 0.25) is 0 Å². The Morgan fingerprint density at radius 2 is 1.63 bits per heavy atom. The van der Waals surface area contributed by atoms with E-state index < -0.39 is 11.4 Å². The van der Waals surface area contributed by atoms with Gasteiger partial charge in [-0.1, -0.05) is 29.3 Å². The first-order valence-electron chi connectivity index (χ1n) is 6.55. The van der Waals surface area contributed by atoms with Crippen molar-refractivity contribution in [2.24, 2.45) is 5.41 Å². The van der Waals surface area contributed by atoms with Crippen LogP contribution in [0.5, 0.6) is 0 Å². The molecular weight excluding hydrogens is 240 g/mol. The Morgan fingerprint density at radius 3 is 2.11 bits per heavy atom. The molecule has 0 heterocycles. The SMILES string of the molecule is CCOC(=O)C(C)(C)C(=O)Cc1cc(C)cc(C)c1. The second-order valence-corrected chi connectivity index (χ2v) is 5.44. The Kier molecular flexibility index (Phi) is 4.87. The molecule has 0 amide bonds. The largest absolute Gasteiger partial charge is 0.465 e. The van der Waals surface area contributed by atoms with Crippen LogP contribution in [0, 0.1) is 19.3 Å². The third kappa shape index (κ3) is 3.91. The molecule has 1 aromatic rings. The Labute approximate surface area is 115 Å². The molecule has 104 valence electrons. The van der Waals surface area contributed by atoms with Gasteiger partial charge < -0.3 is 4.74 Å². The molecule has 3 heteroatoms.